The lowest BCUT2D eigenvalue weighted by atomic mass is 10.2. The molecule has 0 aromatic heterocycles. The summed E-state index contributed by atoms with van der Waals surface area (Å²) in [6.45, 7) is 15.0. The molecule has 0 spiro atoms. The number of nitrogens with zero attached hydrogens (tertiary/aromatic N) is 2. The third kappa shape index (κ3) is 8.26. The molecule has 0 aliphatic heterocycles. The molecule has 0 aliphatic carbocycles. The fraction of sp³-hybridized carbons (Fsp3) is 0.500. The maximum atomic E-state index is 5.79. The number of likely N-dealkylation sites (N-methyl/N-ethyl adjacent to an activating group) is 1. The van der Waals surface area contributed by atoms with E-state index >= 15 is 0 Å². The van der Waals surface area contributed by atoms with Gasteiger partial charge in [-0.25, -0.2) is 4.99 Å². The van der Waals surface area contributed by atoms with Crippen LogP contribution in [0.2, 0.25) is 0 Å². The third-order valence-corrected chi connectivity index (χ3v) is 3.50. The van der Waals surface area contributed by atoms with E-state index in [9.17, 15) is 0 Å². The van der Waals surface area contributed by atoms with Gasteiger partial charge in [-0.05, 0) is 37.7 Å². The highest BCUT2D eigenvalue weighted by Gasteiger charge is 2.00. The van der Waals surface area contributed by atoms with E-state index in [2.05, 4.69) is 35.6 Å². The lowest BCUT2D eigenvalue weighted by Crippen LogP contribution is -2.32. The standard InChI is InChI=1S/C18H30N4O/c1-5-22(6-2)11-12-23-17-9-7-16(8-10-17)14-21-18(19)20-13-15(3)4/h7-10H,3,5-6,11-14H2,1-2,4H3,(H3,19,20,21). The maximum Gasteiger partial charge on any atom is 0.189 e. The Kier molecular flexibility index (Phi) is 8.83. The summed E-state index contributed by atoms with van der Waals surface area (Å²) in [5, 5.41) is 3.01. The largest absolute Gasteiger partial charge is 0.492 e. The van der Waals surface area contributed by atoms with Crippen LogP contribution in [0.4, 0.5) is 0 Å². The first kappa shape index (κ1) is 19.0. The zero-order valence-corrected chi connectivity index (χ0v) is 14.6. The van der Waals surface area contributed by atoms with Crippen LogP contribution in [-0.4, -0.2) is 43.6 Å². The molecule has 3 N–H and O–H groups in total. The lowest BCUT2D eigenvalue weighted by molar-refractivity contribution is 0.223. The minimum atomic E-state index is 0.438. The maximum absolute atomic E-state index is 5.79. The van der Waals surface area contributed by atoms with Crippen LogP contribution in [-0.2, 0) is 6.54 Å². The Bertz CT molecular complexity index is 492. The van der Waals surface area contributed by atoms with Gasteiger partial charge in [-0.15, -0.1) is 0 Å². The zero-order chi connectivity index (χ0) is 17.1. The molecule has 0 fully saturated rings. The summed E-state index contributed by atoms with van der Waals surface area (Å²) in [5.74, 6) is 1.32. The fourth-order valence-corrected chi connectivity index (χ4v) is 2.00. The van der Waals surface area contributed by atoms with Crippen LogP contribution in [0, 0.1) is 0 Å². The second-order valence-corrected chi connectivity index (χ2v) is 5.53. The van der Waals surface area contributed by atoms with Crippen LogP contribution in [0.25, 0.3) is 0 Å². The molecule has 23 heavy (non-hydrogen) atoms. The van der Waals surface area contributed by atoms with Crippen molar-refractivity contribution in [2.75, 3.05) is 32.8 Å². The Morgan fingerprint density at radius 2 is 1.91 bits per heavy atom. The molecule has 0 amide bonds. The van der Waals surface area contributed by atoms with E-state index in [1.54, 1.807) is 0 Å². The van der Waals surface area contributed by atoms with Crippen LogP contribution in [0.1, 0.15) is 26.3 Å². The molecule has 5 heteroatoms. The van der Waals surface area contributed by atoms with E-state index in [0.717, 1.165) is 36.5 Å². The average molecular weight is 318 g/mol. The van der Waals surface area contributed by atoms with E-state index in [4.69, 9.17) is 10.5 Å². The number of hydrogen-bond donors (Lipinski definition) is 2. The minimum absolute atomic E-state index is 0.438. The van der Waals surface area contributed by atoms with Crippen molar-refractivity contribution in [1.29, 1.82) is 0 Å². The van der Waals surface area contributed by atoms with Crippen molar-refractivity contribution in [2.24, 2.45) is 10.7 Å². The molecule has 1 rings (SSSR count). The topological polar surface area (TPSA) is 62.9 Å². The number of guanidine groups is 1. The van der Waals surface area contributed by atoms with Crippen LogP contribution in [0.3, 0.4) is 0 Å². The summed E-state index contributed by atoms with van der Waals surface area (Å²) in [6, 6.07) is 7.99. The smallest absolute Gasteiger partial charge is 0.189 e. The summed E-state index contributed by atoms with van der Waals surface area (Å²) in [5.41, 5.74) is 7.91. The number of hydrogen-bond acceptors (Lipinski definition) is 3. The Balaban J connectivity index is 2.38. The predicted octanol–water partition coefficient (Wildman–Crippen LogP) is 2.39. The van der Waals surface area contributed by atoms with E-state index < -0.39 is 0 Å². The van der Waals surface area contributed by atoms with Crippen molar-refractivity contribution in [3.8, 4) is 5.75 Å². The van der Waals surface area contributed by atoms with Gasteiger partial charge in [-0.1, -0.05) is 38.1 Å². The molecule has 5 nitrogen and oxygen atoms in total. The first-order valence-electron chi connectivity index (χ1n) is 8.17. The Labute approximate surface area is 140 Å². The molecule has 0 radical (unpaired) electrons. The summed E-state index contributed by atoms with van der Waals surface area (Å²) in [7, 11) is 0. The Morgan fingerprint density at radius 1 is 1.26 bits per heavy atom. The zero-order valence-electron chi connectivity index (χ0n) is 14.6. The summed E-state index contributed by atoms with van der Waals surface area (Å²) < 4.78 is 5.76. The van der Waals surface area contributed by atoms with Gasteiger partial charge in [-0.2, -0.15) is 0 Å². The molecular weight excluding hydrogens is 288 g/mol. The molecule has 1 aromatic rings. The average Bonchev–Trinajstić information content (AvgIpc) is 2.56. The van der Waals surface area contributed by atoms with Crippen molar-refractivity contribution < 1.29 is 4.74 Å². The monoisotopic (exact) mass is 318 g/mol. The number of ether oxygens (including phenoxy) is 1. The molecule has 128 valence electrons. The van der Waals surface area contributed by atoms with Gasteiger partial charge < -0.3 is 20.7 Å². The fourth-order valence-electron chi connectivity index (χ4n) is 2.00. The van der Waals surface area contributed by atoms with Crippen LogP contribution < -0.4 is 15.8 Å². The van der Waals surface area contributed by atoms with Gasteiger partial charge >= 0.3 is 0 Å². The van der Waals surface area contributed by atoms with Crippen LogP contribution in [0.15, 0.2) is 41.4 Å². The van der Waals surface area contributed by atoms with Crippen LogP contribution >= 0.6 is 0 Å². The van der Waals surface area contributed by atoms with Crippen molar-refractivity contribution in [3.05, 3.63) is 42.0 Å². The lowest BCUT2D eigenvalue weighted by Gasteiger charge is -2.18. The molecule has 1 aromatic carbocycles. The molecule has 0 heterocycles. The number of benzene rings is 1. The highest BCUT2D eigenvalue weighted by atomic mass is 16.5. The molecule has 0 atom stereocenters. The first-order valence-corrected chi connectivity index (χ1v) is 8.17. The summed E-state index contributed by atoms with van der Waals surface area (Å²) in [6.07, 6.45) is 0. The minimum Gasteiger partial charge on any atom is -0.492 e. The number of nitrogens with one attached hydrogen (secondary N) is 1. The summed E-state index contributed by atoms with van der Waals surface area (Å²) in [4.78, 5) is 6.64. The molecule has 0 bridgehead atoms. The van der Waals surface area contributed by atoms with E-state index in [1.165, 1.54) is 0 Å². The highest BCUT2D eigenvalue weighted by Crippen LogP contribution is 2.12. The Hall–Kier alpha value is -2.01. The summed E-state index contributed by atoms with van der Waals surface area (Å²) >= 11 is 0. The predicted molar refractivity (Wildman–Crippen MR) is 97.9 cm³/mol. The van der Waals surface area contributed by atoms with Gasteiger partial charge in [0.05, 0.1) is 6.54 Å². The second kappa shape index (κ2) is 10.7. The SMILES string of the molecule is C=C(C)CNC(N)=NCc1ccc(OCCN(CC)CC)cc1. The first-order chi connectivity index (χ1) is 11.0. The van der Waals surface area contributed by atoms with Crippen molar-refractivity contribution in [2.45, 2.75) is 27.3 Å². The molecular formula is C18H30N4O. The van der Waals surface area contributed by atoms with E-state index in [-0.39, 0.29) is 0 Å². The number of aliphatic imine (C=N–C) groups is 1. The van der Waals surface area contributed by atoms with Gasteiger partial charge in [0.15, 0.2) is 5.96 Å². The van der Waals surface area contributed by atoms with Gasteiger partial charge in [0.1, 0.15) is 12.4 Å². The number of rotatable bonds is 10. The highest BCUT2D eigenvalue weighted by molar-refractivity contribution is 5.78. The van der Waals surface area contributed by atoms with E-state index in [1.807, 2.05) is 31.2 Å². The van der Waals surface area contributed by atoms with Gasteiger partial charge in [-0.3, -0.25) is 0 Å². The normalized spacial score (nSPS) is 11.6. The van der Waals surface area contributed by atoms with Gasteiger partial charge in [0.2, 0.25) is 0 Å². The van der Waals surface area contributed by atoms with Crippen LogP contribution in [0.5, 0.6) is 5.75 Å². The molecule has 0 aliphatic rings. The van der Waals surface area contributed by atoms with Gasteiger partial charge in [0.25, 0.3) is 0 Å². The molecule has 0 unspecified atom stereocenters. The quantitative estimate of drug-likeness (QED) is 0.395. The third-order valence-electron chi connectivity index (χ3n) is 3.50. The van der Waals surface area contributed by atoms with Crippen molar-refractivity contribution in [1.82, 2.24) is 10.2 Å². The Morgan fingerprint density at radius 3 is 2.48 bits per heavy atom. The molecule has 0 saturated carbocycles. The number of nitrogens with two attached hydrogens (primary N) is 1. The van der Waals surface area contributed by atoms with Crippen molar-refractivity contribution >= 4 is 5.96 Å². The second-order valence-electron chi connectivity index (χ2n) is 5.53. The van der Waals surface area contributed by atoms with Crippen molar-refractivity contribution in [3.63, 3.8) is 0 Å². The molecule has 0 saturated heterocycles. The van der Waals surface area contributed by atoms with E-state index in [0.29, 0.717) is 25.7 Å². The van der Waals surface area contributed by atoms with Gasteiger partial charge in [0, 0.05) is 13.1 Å².